The van der Waals surface area contributed by atoms with Gasteiger partial charge in [-0.3, -0.25) is 0 Å². The van der Waals surface area contributed by atoms with Crippen molar-refractivity contribution in [2.75, 3.05) is 5.75 Å². The molecule has 12 heavy (non-hydrogen) atoms. The molecule has 0 aromatic carbocycles. The average molecular weight is 204 g/mol. The lowest BCUT2D eigenvalue weighted by Crippen LogP contribution is -2.11. The van der Waals surface area contributed by atoms with Crippen molar-refractivity contribution in [2.45, 2.75) is 6.04 Å². The van der Waals surface area contributed by atoms with Crippen molar-refractivity contribution in [3.63, 3.8) is 0 Å². The molecule has 4 nitrogen and oxygen atoms in total. The number of aromatic nitrogens is 1. The highest BCUT2D eigenvalue weighted by Crippen LogP contribution is 2.16. The zero-order valence-corrected chi connectivity index (χ0v) is 7.81. The van der Waals surface area contributed by atoms with E-state index in [0.717, 1.165) is 0 Å². The van der Waals surface area contributed by atoms with Crippen molar-refractivity contribution in [3.05, 3.63) is 16.1 Å². The van der Waals surface area contributed by atoms with E-state index in [1.807, 2.05) is 0 Å². The van der Waals surface area contributed by atoms with Crippen LogP contribution in [0.5, 0.6) is 0 Å². The molecule has 1 aromatic rings. The van der Waals surface area contributed by atoms with Crippen LogP contribution in [0.15, 0.2) is 5.38 Å². The number of aromatic carboxylic acids is 1. The summed E-state index contributed by atoms with van der Waals surface area (Å²) in [6.07, 6.45) is 0. The van der Waals surface area contributed by atoms with Gasteiger partial charge in [0.2, 0.25) is 0 Å². The summed E-state index contributed by atoms with van der Waals surface area (Å²) in [6, 6.07) is -0.272. The first-order chi connectivity index (χ1) is 5.65. The van der Waals surface area contributed by atoms with Crippen molar-refractivity contribution < 1.29 is 9.90 Å². The Morgan fingerprint density at radius 3 is 3.00 bits per heavy atom. The Labute approximate surface area is 78.8 Å². The van der Waals surface area contributed by atoms with Crippen LogP contribution in [-0.2, 0) is 0 Å². The fraction of sp³-hybridized carbons (Fsp3) is 0.333. The molecule has 3 N–H and O–H groups in total. The summed E-state index contributed by atoms with van der Waals surface area (Å²) >= 11 is 5.23. The zero-order valence-electron chi connectivity index (χ0n) is 6.10. The Balaban J connectivity index is 2.84. The standard InChI is InChI=1S/C6H8N2O2S2/c7-3(1-11)5-8-4(2-12-5)6(9)10/h2-3,11H,1,7H2,(H,9,10). The van der Waals surface area contributed by atoms with Crippen LogP contribution in [0.25, 0.3) is 0 Å². The first-order valence-corrected chi connectivity index (χ1v) is 4.71. The van der Waals surface area contributed by atoms with Gasteiger partial charge >= 0.3 is 5.97 Å². The average Bonchev–Trinajstić information content (AvgIpc) is 2.51. The second-order valence-corrected chi connectivity index (χ2v) is 3.42. The van der Waals surface area contributed by atoms with Gasteiger partial charge in [-0.05, 0) is 0 Å². The van der Waals surface area contributed by atoms with Gasteiger partial charge in [0.1, 0.15) is 5.01 Å². The minimum absolute atomic E-state index is 0.0484. The third-order valence-corrected chi connectivity index (χ3v) is 2.62. The zero-order chi connectivity index (χ0) is 9.14. The minimum Gasteiger partial charge on any atom is -0.476 e. The van der Waals surface area contributed by atoms with E-state index in [2.05, 4.69) is 17.6 Å². The molecule has 0 aliphatic carbocycles. The number of thiol groups is 1. The largest absolute Gasteiger partial charge is 0.476 e. The van der Waals surface area contributed by atoms with Crippen LogP contribution < -0.4 is 5.73 Å². The third-order valence-electron chi connectivity index (χ3n) is 1.25. The fourth-order valence-corrected chi connectivity index (χ4v) is 1.73. The van der Waals surface area contributed by atoms with E-state index in [4.69, 9.17) is 10.8 Å². The molecule has 66 valence electrons. The third kappa shape index (κ3) is 1.96. The van der Waals surface area contributed by atoms with Gasteiger partial charge < -0.3 is 10.8 Å². The minimum atomic E-state index is -1.02. The first kappa shape index (κ1) is 9.50. The van der Waals surface area contributed by atoms with Crippen molar-refractivity contribution in [1.82, 2.24) is 4.98 Å². The number of hydrogen-bond donors (Lipinski definition) is 3. The number of carbonyl (C=O) groups is 1. The predicted octanol–water partition coefficient (Wildman–Crippen LogP) is 0.771. The normalized spacial score (nSPS) is 12.8. The van der Waals surface area contributed by atoms with Crippen molar-refractivity contribution >= 4 is 29.9 Å². The van der Waals surface area contributed by atoms with Crippen molar-refractivity contribution in [2.24, 2.45) is 5.73 Å². The molecule has 0 aliphatic rings. The van der Waals surface area contributed by atoms with Crippen LogP contribution in [0, 0.1) is 0 Å². The summed E-state index contributed by atoms with van der Waals surface area (Å²) in [5, 5.41) is 10.6. The summed E-state index contributed by atoms with van der Waals surface area (Å²) < 4.78 is 0. The lowest BCUT2D eigenvalue weighted by molar-refractivity contribution is 0.0691. The summed E-state index contributed by atoms with van der Waals surface area (Å²) in [5.41, 5.74) is 5.63. The summed E-state index contributed by atoms with van der Waals surface area (Å²) in [7, 11) is 0. The molecule has 1 rings (SSSR count). The smallest absolute Gasteiger partial charge is 0.355 e. The van der Waals surface area contributed by atoms with E-state index >= 15 is 0 Å². The van der Waals surface area contributed by atoms with Gasteiger partial charge in [0.15, 0.2) is 5.69 Å². The Bertz CT molecular complexity index is 287. The van der Waals surface area contributed by atoms with Crippen molar-refractivity contribution in [3.8, 4) is 0 Å². The molecule has 0 fully saturated rings. The van der Waals surface area contributed by atoms with Crippen LogP contribution >= 0.6 is 24.0 Å². The lowest BCUT2D eigenvalue weighted by Gasteiger charge is -2.01. The van der Waals surface area contributed by atoms with E-state index < -0.39 is 5.97 Å². The number of thiazole rings is 1. The molecule has 0 aliphatic heterocycles. The van der Waals surface area contributed by atoms with E-state index in [1.54, 1.807) is 0 Å². The van der Waals surface area contributed by atoms with Crippen LogP contribution in [0.3, 0.4) is 0 Å². The molecular formula is C6H8N2O2S2. The van der Waals surface area contributed by atoms with E-state index in [0.29, 0.717) is 10.8 Å². The quantitative estimate of drug-likeness (QED) is 0.636. The lowest BCUT2D eigenvalue weighted by atomic mass is 10.4. The van der Waals surface area contributed by atoms with E-state index in [9.17, 15) is 4.79 Å². The first-order valence-electron chi connectivity index (χ1n) is 3.20. The van der Waals surface area contributed by atoms with Crippen LogP contribution in [-0.4, -0.2) is 21.8 Å². The van der Waals surface area contributed by atoms with E-state index in [1.165, 1.54) is 16.7 Å². The second-order valence-electron chi connectivity index (χ2n) is 2.17. The summed E-state index contributed by atoms with van der Waals surface area (Å²) in [6.45, 7) is 0. The number of nitrogens with zero attached hydrogens (tertiary/aromatic N) is 1. The number of carboxylic acids is 1. The van der Waals surface area contributed by atoms with Crippen LogP contribution in [0.1, 0.15) is 21.5 Å². The fourth-order valence-electron chi connectivity index (χ4n) is 0.634. The Kier molecular flexibility index (Phi) is 3.07. The highest BCUT2D eigenvalue weighted by atomic mass is 32.1. The maximum absolute atomic E-state index is 10.4. The predicted molar refractivity (Wildman–Crippen MR) is 49.9 cm³/mol. The number of carboxylic acid groups (broad SMARTS) is 1. The Morgan fingerprint density at radius 2 is 2.58 bits per heavy atom. The number of nitrogens with two attached hydrogens (primary N) is 1. The van der Waals surface area contributed by atoms with E-state index in [-0.39, 0.29) is 11.7 Å². The molecular weight excluding hydrogens is 196 g/mol. The van der Waals surface area contributed by atoms with Gasteiger partial charge in [0.25, 0.3) is 0 Å². The molecule has 0 saturated heterocycles. The maximum atomic E-state index is 10.4. The molecule has 1 heterocycles. The topological polar surface area (TPSA) is 76.2 Å². The van der Waals surface area contributed by atoms with Gasteiger partial charge in [0.05, 0.1) is 6.04 Å². The molecule has 1 unspecified atom stereocenters. The molecule has 0 bridgehead atoms. The Hall–Kier alpha value is -0.590. The number of hydrogen-bond acceptors (Lipinski definition) is 5. The van der Waals surface area contributed by atoms with Crippen molar-refractivity contribution in [1.29, 1.82) is 0 Å². The molecule has 0 saturated carbocycles. The highest BCUT2D eigenvalue weighted by molar-refractivity contribution is 7.80. The molecule has 1 aromatic heterocycles. The summed E-state index contributed by atoms with van der Waals surface area (Å²) in [5.74, 6) is -0.559. The Morgan fingerprint density at radius 1 is 1.92 bits per heavy atom. The van der Waals surface area contributed by atoms with Gasteiger partial charge in [0, 0.05) is 11.1 Å². The molecule has 1 atom stereocenters. The highest BCUT2D eigenvalue weighted by Gasteiger charge is 2.12. The van der Waals surface area contributed by atoms with Crippen LogP contribution in [0.2, 0.25) is 0 Å². The van der Waals surface area contributed by atoms with Gasteiger partial charge in [-0.25, -0.2) is 9.78 Å². The molecule has 0 radical (unpaired) electrons. The monoisotopic (exact) mass is 204 g/mol. The van der Waals surface area contributed by atoms with Gasteiger partial charge in [-0.1, -0.05) is 0 Å². The molecule has 0 amide bonds. The SMILES string of the molecule is NC(CS)c1nc(C(=O)O)cs1. The summed E-state index contributed by atoms with van der Waals surface area (Å²) in [4.78, 5) is 14.2. The second kappa shape index (κ2) is 3.88. The van der Waals surface area contributed by atoms with Crippen LogP contribution in [0.4, 0.5) is 0 Å². The molecule has 0 spiro atoms. The van der Waals surface area contributed by atoms with Gasteiger partial charge in [-0.15, -0.1) is 11.3 Å². The maximum Gasteiger partial charge on any atom is 0.355 e. The van der Waals surface area contributed by atoms with Gasteiger partial charge in [-0.2, -0.15) is 12.6 Å². The molecule has 6 heteroatoms. The number of rotatable bonds is 3.